The van der Waals surface area contributed by atoms with Crippen LogP contribution in [0, 0.1) is 5.41 Å². The molecule has 1 N–H and O–H groups in total. The first-order valence-corrected chi connectivity index (χ1v) is 9.54. The number of cyclic esters (lactones) is 1. The van der Waals surface area contributed by atoms with Crippen molar-refractivity contribution in [3.63, 3.8) is 0 Å². The molecule has 150 valence electrons. The van der Waals surface area contributed by atoms with E-state index in [0.717, 1.165) is 32.1 Å². The Morgan fingerprint density at radius 1 is 1.25 bits per heavy atom. The van der Waals surface area contributed by atoms with Crippen molar-refractivity contribution >= 4 is 18.0 Å². The van der Waals surface area contributed by atoms with Gasteiger partial charge in [0, 0.05) is 12.1 Å². The minimum atomic E-state index is -1.05. The lowest BCUT2D eigenvalue weighted by Crippen LogP contribution is -2.41. The summed E-state index contributed by atoms with van der Waals surface area (Å²) in [6.45, 7) is 4.02. The highest BCUT2D eigenvalue weighted by Crippen LogP contribution is 2.39. The van der Waals surface area contributed by atoms with Crippen LogP contribution in [0.3, 0.4) is 0 Å². The van der Waals surface area contributed by atoms with E-state index < -0.39 is 18.4 Å². The summed E-state index contributed by atoms with van der Waals surface area (Å²) in [7, 11) is 0. The van der Waals surface area contributed by atoms with Gasteiger partial charge in [-0.1, -0.05) is 50.1 Å². The van der Waals surface area contributed by atoms with Gasteiger partial charge >= 0.3 is 18.0 Å². The molecule has 0 radical (unpaired) electrons. The number of hydrogen-bond donors (Lipinski definition) is 1. The SMILES string of the molecule is C=CCOC(=O)CC1(CNC(=O)OC2OC(=O)c3ccccc32)CCCCC1. The number of fused-ring (bicyclic) bond motifs is 1. The van der Waals surface area contributed by atoms with Crippen LogP contribution in [0.2, 0.25) is 0 Å². The maximum absolute atomic E-state index is 12.3. The van der Waals surface area contributed by atoms with Gasteiger partial charge in [0.2, 0.25) is 0 Å². The Morgan fingerprint density at radius 3 is 2.75 bits per heavy atom. The first-order chi connectivity index (χ1) is 13.5. The zero-order valence-corrected chi connectivity index (χ0v) is 15.8. The predicted octanol–water partition coefficient (Wildman–Crippen LogP) is 3.65. The van der Waals surface area contributed by atoms with Gasteiger partial charge in [-0.05, 0) is 24.3 Å². The van der Waals surface area contributed by atoms with Gasteiger partial charge in [-0.3, -0.25) is 4.79 Å². The fourth-order valence-corrected chi connectivity index (χ4v) is 3.83. The van der Waals surface area contributed by atoms with E-state index in [-0.39, 0.29) is 24.4 Å². The maximum atomic E-state index is 12.3. The van der Waals surface area contributed by atoms with Gasteiger partial charge in [0.25, 0.3) is 6.29 Å². The second-order valence-electron chi connectivity index (χ2n) is 7.29. The molecule has 2 aliphatic rings. The van der Waals surface area contributed by atoms with E-state index in [9.17, 15) is 14.4 Å². The fourth-order valence-electron chi connectivity index (χ4n) is 3.83. The molecule has 0 saturated heterocycles. The number of rotatable bonds is 7. The minimum absolute atomic E-state index is 0.177. The average molecular weight is 387 g/mol. The Balaban J connectivity index is 1.57. The third-order valence-corrected chi connectivity index (χ3v) is 5.27. The van der Waals surface area contributed by atoms with Gasteiger partial charge in [0.1, 0.15) is 6.61 Å². The lowest BCUT2D eigenvalue weighted by atomic mass is 9.72. The van der Waals surface area contributed by atoms with Crippen molar-refractivity contribution < 1.29 is 28.6 Å². The van der Waals surface area contributed by atoms with E-state index in [1.807, 2.05) is 0 Å². The molecule has 0 bridgehead atoms. The van der Waals surface area contributed by atoms with Crippen molar-refractivity contribution in [2.45, 2.75) is 44.8 Å². The molecular weight excluding hydrogens is 362 g/mol. The van der Waals surface area contributed by atoms with Crippen LogP contribution in [0.5, 0.6) is 0 Å². The molecular formula is C21H25NO6. The molecule has 1 unspecified atom stereocenters. The lowest BCUT2D eigenvalue weighted by molar-refractivity contribution is -0.145. The van der Waals surface area contributed by atoms with Gasteiger partial charge in [-0.15, -0.1) is 0 Å². The number of hydrogen-bond acceptors (Lipinski definition) is 6. The smallest absolute Gasteiger partial charge is 0.410 e. The van der Waals surface area contributed by atoms with Crippen LogP contribution in [0.25, 0.3) is 0 Å². The molecule has 28 heavy (non-hydrogen) atoms. The summed E-state index contributed by atoms with van der Waals surface area (Å²) in [6, 6.07) is 6.79. The molecule has 0 spiro atoms. The Kier molecular flexibility index (Phi) is 6.34. The number of amides is 1. The number of carbonyl (C=O) groups excluding carboxylic acids is 3. The van der Waals surface area contributed by atoms with Crippen molar-refractivity contribution in [1.29, 1.82) is 0 Å². The maximum Gasteiger partial charge on any atom is 0.410 e. The van der Waals surface area contributed by atoms with Gasteiger partial charge in [-0.25, -0.2) is 9.59 Å². The standard InChI is InChI=1S/C21H25NO6/c1-2-12-26-17(23)13-21(10-6-3-7-11-21)14-22-20(25)28-19-16-9-5-4-8-15(16)18(24)27-19/h2,4-5,8-9,19H,1,3,6-7,10-14H2,(H,22,25). The van der Waals surface area contributed by atoms with E-state index in [4.69, 9.17) is 14.2 Å². The van der Waals surface area contributed by atoms with E-state index >= 15 is 0 Å². The van der Waals surface area contributed by atoms with Gasteiger partial charge in [-0.2, -0.15) is 0 Å². The molecule has 1 fully saturated rings. The summed E-state index contributed by atoms with van der Waals surface area (Å²) in [5.74, 6) is -0.808. The van der Waals surface area contributed by atoms with E-state index in [2.05, 4.69) is 11.9 Å². The Hall–Kier alpha value is -2.83. The monoisotopic (exact) mass is 387 g/mol. The largest absolute Gasteiger partial charge is 0.461 e. The fraction of sp³-hybridized carbons (Fsp3) is 0.476. The highest BCUT2D eigenvalue weighted by Gasteiger charge is 2.37. The minimum Gasteiger partial charge on any atom is -0.461 e. The van der Waals surface area contributed by atoms with Gasteiger partial charge in [0.15, 0.2) is 0 Å². The molecule has 7 nitrogen and oxygen atoms in total. The van der Waals surface area contributed by atoms with Crippen LogP contribution in [0.1, 0.15) is 60.7 Å². The highest BCUT2D eigenvalue weighted by molar-refractivity contribution is 5.94. The van der Waals surface area contributed by atoms with Crippen LogP contribution >= 0.6 is 0 Å². The summed E-state index contributed by atoms with van der Waals surface area (Å²) in [4.78, 5) is 36.2. The van der Waals surface area contributed by atoms with Gasteiger partial charge < -0.3 is 19.5 Å². The Labute approximate surface area is 164 Å². The molecule has 1 atom stereocenters. The number of carbonyl (C=O) groups is 3. The number of benzene rings is 1. The molecule has 1 aliphatic carbocycles. The summed E-state index contributed by atoms with van der Waals surface area (Å²) in [5.41, 5.74) is 0.580. The molecule has 1 aromatic carbocycles. The predicted molar refractivity (Wildman–Crippen MR) is 100 cm³/mol. The normalized spacial score (nSPS) is 19.9. The van der Waals surface area contributed by atoms with E-state index in [1.54, 1.807) is 24.3 Å². The molecule has 1 heterocycles. The topological polar surface area (TPSA) is 90.9 Å². The molecule has 7 heteroatoms. The van der Waals surface area contributed by atoms with E-state index in [0.29, 0.717) is 17.7 Å². The zero-order chi connectivity index (χ0) is 20.0. The van der Waals surface area contributed by atoms with Crippen molar-refractivity contribution in [3.8, 4) is 0 Å². The molecule has 1 aliphatic heterocycles. The van der Waals surface area contributed by atoms with Crippen LogP contribution in [-0.4, -0.2) is 31.2 Å². The van der Waals surface area contributed by atoms with Crippen LogP contribution in [-0.2, 0) is 19.0 Å². The summed E-state index contributed by atoms with van der Waals surface area (Å²) < 4.78 is 15.5. The zero-order valence-electron chi connectivity index (χ0n) is 15.8. The van der Waals surface area contributed by atoms with E-state index in [1.165, 1.54) is 6.08 Å². The molecule has 3 rings (SSSR count). The number of alkyl carbamates (subject to hydrolysis) is 1. The van der Waals surface area contributed by atoms with Crippen molar-refractivity contribution in [1.82, 2.24) is 5.32 Å². The van der Waals surface area contributed by atoms with Crippen molar-refractivity contribution in [2.24, 2.45) is 5.41 Å². The second kappa shape index (κ2) is 8.91. The molecule has 1 saturated carbocycles. The van der Waals surface area contributed by atoms with Crippen LogP contribution in [0.15, 0.2) is 36.9 Å². The van der Waals surface area contributed by atoms with Crippen molar-refractivity contribution in [2.75, 3.05) is 13.2 Å². The quantitative estimate of drug-likeness (QED) is 0.567. The first-order valence-electron chi connectivity index (χ1n) is 9.54. The summed E-state index contributed by atoms with van der Waals surface area (Å²) >= 11 is 0. The Morgan fingerprint density at radius 2 is 2.00 bits per heavy atom. The third kappa shape index (κ3) is 4.71. The third-order valence-electron chi connectivity index (χ3n) is 5.27. The number of ether oxygens (including phenoxy) is 3. The molecule has 1 amide bonds. The number of esters is 2. The first kappa shape index (κ1) is 19.9. The average Bonchev–Trinajstić information content (AvgIpc) is 3.01. The summed E-state index contributed by atoms with van der Waals surface area (Å²) in [5, 5.41) is 2.75. The van der Waals surface area contributed by atoms with Crippen LogP contribution < -0.4 is 5.32 Å². The van der Waals surface area contributed by atoms with Crippen LogP contribution in [0.4, 0.5) is 4.79 Å². The second-order valence-corrected chi connectivity index (χ2v) is 7.29. The number of nitrogens with one attached hydrogen (secondary N) is 1. The van der Waals surface area contributed by atoms with Crippen molar-refractivity contribution in [3.05, 3.63) is 48.0 Å². The Bertz CT molecular complexity index is 753. The molecule has 0 aromatic heterocycles. The summed E-state index contributed by atoms with van der Waals surface area (Å²) in [6.07, 6.45) is 4.81. The highest BCUT2D eigenvalue weighted by atomic mass is 16.7. The van der Waals surface area contributed by atoms with Gasteiger partial charge in [0.05, 0.1) is 12.0 Å². The molecule has 1 aromatic rings. The lowest BCUT2D eigenvalue weighted by Gasteiger charge is -2.36.